The van der Waals surface area contributed by atoms with Gasteiger partial charge in [-0.05, 0) is 37.1 Å². The minimum atomic E-state index is -4.56. The molecule has 1 aliphatic heterocycles. The Morgan fingerprint density at radius 1 is 1.35 bits per heavy atom. The molecular weight excluding hydrogens is 305 g/mol. The fourth-order valence-electron chi connectivity index (χ4n) is 2.46. The van der Waals surface area contributed by atoms with Crippen LogP contribution in [-0.2, 0) is 15.0 Å². The van der Waals surface area contributed by atoms with E-state index in [1.807, 2.05) is 13.8 Å². The third-order valence-electron chi connectivity index (χ3n) is 3.41. The number of halogens is 2. The van der Waals surface area contributed by atoms with Crippen LogP contribution in [0.4, 0.5) is 9.57 Å². The van der Waals surface area contributed by atoms with Crippen LogP contribution in [0.3, 0.4) is 0 Å². The number of aryl methyl sites for hydroxylation is 2. The molecule has 0 saturated carbocycles. The summed E-state index contributed by atoms with van der Waals surface area (Å²) in [6.45, 7) is 3.87. The van der Waals surface area contributed by atoms with Gasteiger partial charge in [0, 0.05) is 29.6 Å². The standard InChI is InChI=1S/C13H15ClFNO3S/c1-8-4-12(9(2)3-11(8)14)16-6-10(5-13(16)17)7-20(15,18)19/h3-4,10H,5-7H2,1-2H3. The van der Waals surface area contributed by atoms with Gasteiger partial charge >= 0.3 is 10.2 Å². The molecule has 0 aliphatic carbocycles. The lowest BCUT2D eigenvalue weighted by atomic mass is 10.1. The number of carbonyl (C=O) groups excluding carboxylic acids is 1. The van der Waals surface area contributed by atoms with E-state index in [1.54, 1.807) is 12.1 Å². The van der Waals surface area contributed by atoms with Gasteiger partial charge in [0.05, 0.1) is 5.75 Å². The smallest absolute Gasteiger partial charge is 0.302 e. The molecule has 4 nitrogen and oxygen atoms in total. The van der Waals surface area contributed by atoms with E-state index >= 15 is 0 Å². The average molecular weight is 320 g/mol. The Morgan fingerprint density at radius 3 is 2.60 bits per heavy atom. The summed E-state index contributed by atoms with van der Waals surface area (Å²) in [7, 11) is -4.56. The van der Waals surface area contributed by atoms with Gasteiger partial charge in [-0.1, -0.05) is 11.6 Å². The third kappa shape index (κ3) is 3.30. The SMILES string of the molecule is Cc1cc(N2CC(CS(=O)(=O)F)CC2=O)c(C)cc1Cl. The zero-order valence-corrected chi connectivity index (χ0v) is 12.8. The molecule has 1 aromatic rings. The quantitative estimate of drug-likeness (QED) is 0.805. The van der Waals surface area contributed by atoms with Crippen molar-refractivity contribution in [1.82, 2.24) is 0 Å². The van der Waals surface area contributed by atoms with E-state index in [4.69, 9.17) is 11.6 Å². The summed E-state index contributed by atoms with van der Waals surface area (Å²) in [6, 6.07) is 3.56. The van der Waals surface area contributed by atoms with E-state index in [9.17, 15) is 17.1 Å². The molecule has 1 atom stereocenters. The lowest BCUT2D eigenvalue weighted by molar-refractivity contribution is -0.117. The molecule has 110 valence electrons. The van der Waals surface area contributed by atoms with Crippen molar-refractivity contribution in [3.8, 4) is 0 Å². The molecule has 0 spiro atoms. The number of nitrogens with zero attached hydrogens (tertiary/aromatic N) is 1. The summed E-state index contributed by atoms with van der Waals surface area (Å²) < 4.78 is 34.1. The van der Waals surface area contributed by atoms with E-state index in [0.717, 1.165) is 11.1 Å². The Bertz CT molecular complexity index is 660. The first-order valence-electron chi connectivity index (χ1n) is 6.17. The molecule has 0 bridgehead atoms. The molecule has 0 radical (unpaired) electrons. The monoisotopic (exact) mass is 319 g/mol. The van der Waals surface area contributed by atoms with Crippen molar-refractivity contribution in [3.63, 3.8) is 0 Å². The summed E-state index contributed by atoms with van der Waals surface area (Å²) in [5.41, 5.74) is 2.37. The fraction of sp³-hybridized carbons (Fsp3) is 0.462. The van der Waals surface area contributed by atoms with Gasteiger partial charge in [0.25, 0.3) is 0 Å². The Kier molecular flexibility index (Phi) is 4.07. The second-order valence-electron chi connectivity index (χ2n) is 5.17. The van der Waals surface area contributed by atoms with Crippen molar-refractivity contribution in [1.29, 1.82) is 0 Å². The number of hydrogen-bond donors (Lipinski definition) is 0. The van der Waals surface area contributed by atoms with Crippen LogP contribution in [0.15, 0.2) is 12.1 Å². The van der Waals surface area contributed by atoms with Crippen LogP contribution in [0.2, 0.25) is 5.02 Å². The van der Waals surface area contributed by atoms with Gasteiger partial charge in [0.15, 0.2) is 0 Å². The molecular formula is C13H15ClFNO3S. The van der Waals surface area contributed by atoms with Gasteiger partial charge in [-0.25, -0.2) is 0 Å². The highest BCUT2D eigenvalue weighted by Crippen LogP contribution is 2.32. The van der Waals surface area contributed by atoms with E-state index in [-0.39, 0.29) is 18.9 Å². The van der Waals surface area contributed by atoms with Crippen LogP contribution < -0.4 is 4.90 Å². The minimum Gasteiger partial charge on any atom is -0.312 e. The van der Waals surface area contributed by atoms with Crippen molar-refractivity contribution in [3.05, 3.63) is 28.3 Å². The first-order valence-corrected chi connectivity index (χ1v) is 8.10. The van der Waals surface area contributed by atoms with Crippen molar-refractivity contribution in [2.24, 2.45) is 5.92 Å². The van der Waals surface area contributed by atoms with E-state index in [0.29, 0.717) is 10.7 Å². The maximum Gasteiger partial charge on any atom is 0.302 e. The maximum atomic E-state index is 12.7. The van der Waals surface area contributed by atoms with Crippen molar-refractivity contribution in [2.45, 2.75) is 20.3 Å². The van der Waals surface area contributed by atoms with Gasteiger partial charge in [-0.2, -0.15) is 8.42 Å². The van der Waals surface area contributed by atoms with Crippen LogP contribution >= 0.6 is 11.6 Å². The molecule has 1 heterocycles. The van der Waals surface area contributed by atoms with Gasteiger partial charge in [0.2, 0.25) is 5.91 Å². The minimum absolute atomic E-state index is 0.0459. The number of amides is 1. The van der Waals surface area contributed by atoms with Gasteiger partial charge in [-0.3, -0.25) is 4.79 Å². The molecule has 1 saturated heterocycles. The Hall–Kier alpha value is -1.14. The largest absolute Gasteiger partial charge is 0.312 e. The van der Waals surface area contributed by atoms with Crippen LogP contribution in [-0.4, -0.2) is 26.6 Å². The van der Waals surface area contributed by atoms with E-state index in [1.165, 1.54) is 4.90 Å². The zero-order chi connectivity index (χ0) is 15.1. The van der Waals surface area contributed by atoms with Gasteiger partial charge in [0.1, 0.15) is 0 Å². The van der Waals surface area contributed by atoms with Crippen molar-refractivity contribution < 1.29 is 17.1 Å². The number of carbonyl (C=O) groups is 1. The molecule has 1 unspecified atom stereocenters. The molecule has 7 heteroatoms. The summed E-state index contributed by atoms with van der Waals surface area (Å²) in [5, 5.41) is 0.612. The topological polar surface area (TPSA) is 54.5 Å². The van der Waals surface area contributed by atoms with Gasteiger partial charge in [-0.15, -0.1) is 3.89 Å². The summed E-state index contributed by atoms with van der Waals surface area (Å²) >= 11 is 6.01. The number of anilines is 1. The maximum absolute atomic E-state index is 12.7. The Morgan fingerprint density at radius 2 is 2.00 bits per heavy atom. The lowest BCUT2D eigenvalue weighted by Crippen LogP contribution is -2.26. The third-order valence-corrected chi connectivity index (χ3v) is 4.68. The van der Waals surface area contributed by atoms with E-state index in [2.05, 4.69) is 0 Å². The molecule has 1 aliphatic rings. The first-order chi connectivity index (χ1) is 9.17. The van der Waals surface area contributed by atoms with Crippen LogP contribution in [0.1, 0.15) is 17.5 Å². The number of rotatable bonds is 3. The predicted octanol–water partition coefficient (Wildman–Crippen LogP) is 2.61. The molecule has 2 rings (SSSR count). The number of benzene rings is 1. The normalized spacial score (nSPS) is 19.7. The van der Waals surface area contributed by atoms with Crippen LogP contribution in [0, 0.1) is 19.8 Å². The highest BCUT2D eigenvalue weighted by atomic mass is 35.5. The molecule has 0 aromatic heterocycles. The van der Waals surface area contributed by atoms with E-state index < -0.39 is 21.9 Å². The molecule has 20 heavy (non-hydrogen) atoms. The number of hydrogen-bond acceptors (Lipinski definition) is 3. The lowest BCUT2D eigenvalue weighted by Gasteiger charge is -2.20. The molecule has 1 amide bonds. The molecule has 1 fully saturated rings. The second-order valence-corrected chi connectivity index (χ2v) is 6.99. The summed E-state index contributed by atoms with van der Waals surface area (Å²) in [4.78, 5) is 13.5. The van der Waals surface area contributed by atoms with Crippen molar-refractivity contribution in [2.75, 3.05) is 17.2 Å². The summed E-state index contributed by atoms with van der Waals surface area (Å²) in [6.07, 6.45) is 0.0459. The van der Waals surface area contributed by atoms with Crippen molar-refractivity contribution >= 4 is 33.4 Å². The first kappa shape index (κ1) is 15.3. The zero-order valence-electron chi connectivity index (χ0n) is 11.2. The van der Waals surface area contributed by atoms with Gasteiger partial charge < -0.3 is 4.90 Å². The Balaban J connectivity index is 2.26. The second kappa shape index (κ2) is 5.33. The van der Waals surface area contributed by atoms with Crippen LogP contribution in [0.5, 0.6) is 0 Å². The fourth-order valence-corrected chi connectivity index (χ4v) is 3.47. The average Bonchev–Trinajstić information content (AvgIpc) is 2.62. The highest BCUT2D eigenvalue weighted by molar-refractivity contribution is 7.86. The van der Waals surface area contributed by atoms with Crippen LogP contribution in [0.25, 0.3) is 0 Å². The summed E-state index contributed by atoms with van der Waals surface area (Å²) in [5.74, 6) is -1.31. The molecule has 1 aromatic carbocycles. The highest BCUT2D eigenvalue weighted by Gasteiger charge is 2.34. The Labute approximate surface area is 122 Å². The molecule has 0 N–H and O–H groups in total. The predicted molar refractivity (Wildman–Crippen MR) is 76.3 cm³/mol.